The van der Waals surface area contributed by atoms with Gasteiger partial charge in [-0.15, -0.1) is 0 Å². The predicted octanol–water partition coefficient (Wildman–Crippen LogP) is 3.85. The molecule has 1 fully saturated rings. The van der Waals surface area contributed by atoms with Crippen molar-refractivity contribution in [2.45, 2.75) is 36.3 Å². The van der Waals surface area contributed by atoms with Crippen LogP contribution in [0.15, 0.2) is 18.2 Å². The van der Waals surface area contributed by atoms with Gasteiger partial charge in [-0.3, -0.25) is 0 Å². The Hall–Kier alpha value is -0.0300. The normalized spacial score (nSPS) is 24.4. The molecule has 1 aromatic carbocycles. The molecule has 20 heavy (non-hydrogen) atoms. The number of benzene rings is 1. The van der Waals surface area contributed by atoms with Crippen LogP contribution >= 0.6 is 35.1 Å². The van der Waals surface area contributed by atoms with Crippen LogP contribution in [-0.4, -0.2) is 35.2 Å². The average Bonchev–Trinajstić information content (AvgIpc) is 2.47. The van der Waals surface area contributed by atoms with E-state index in [1.54, 1.807) is 7.11 Å². The summed E-state index contributed by atoms with van der Waals surface area (Å²) in [7, 11) is 1.69. The lowest BCUT2D eigenvalue weighted by Crippen LogP contribution is -2.43. The molecule has 2 rings (SSSR count). The van der Waals surface area contributed by atoms with Crippen molar-refractivity contribution in [3.05, 3.63) is 28.8 Å². The van der Waals surface area contributed by atoms with Crippen LogP contribution in [0, 0.1) is 0 Å². The third-order valence-electron chi connectivity index (χ3n) is 3.61. The number of nitrogens with two attached hydrogens (primary N) is 1. The van der Waals surface area contributed by atoms with Crippen LogP contribution in [0.4, 0.5) is 0 Å². The summed E-state index contributed by atoms with van der Waals surface area (Å²) in [5, 5.41) is 1.92. The Kier molecular flexibility index (Phi) is 6.40. The van der Waals surface area contributed by atoms with Gasteiger partial charge in [-0.25, -0.2) is 0 Å². The monoisotopic (exact) mass is 331 g/mol. The maximum atomic E-state index is 6.49. The quantitative estimate of drug-likeness (QED) is 0.889. The van der Waals surface area contributed by atoms with Crippen molar-refractivity contribution < 1.29 is 4.74 Å². The first-order valence-electron chi connectivity index (χ1n) is 6.97. The molecule has 0 amide bonds. The number of thioether (sulfide) groups is 2. The third kappa shape index (κ3) is 4.00. The summed E-state index contributed by atoms with van der Waals surface area (Å²) in [4.78, 5) is 0. The number of rotatable bonds is 5. The molecule has 0 saturated carbocycles. The molecule has 0 aromatic heterocycles. The molecule has 2 nitrogen and oxygen atoms in total. The lowest BCUT2D eigenvalue weighted by molar-refractivity contribution is 0.407. The molecule has 1 aliphatic rings. The number of hydrogen-bond acceptors (Lipinski definition) is 4. The Balaban J connectivity index is 2.10. The number of ether oxygens (including phenoxy) is 1. The lowest BCUT2D eigenvalue weighted by atomic mass is 10.0. The van der Waals surface area contributed by atoms with Crippen LogP contribution in [-0.2, 0) is 6.42 Å². The highest BCUT2D eigenvalue weighted by Crippen LogP contribution is 2.36. The molecule has 3 unspecified atom stereocenters. The SMILES string of the molecule is CCC1SCCSC1C(N)Cc1cc(Cl)ccc1OC. The van der Waals surface area contributed by atoms with Gasteiger partial charge in [0.05, 0.1) is 7.11 Å². The fourth-order valence-electron chi connectivity index (χ4n) is 2.61. The highest BCUT2D eigenvalue weighted by atomic mass is 35.5. The van der Waals surface area contributed by atoms with Gasteiger partial charge < -0.3 is 10.5 Å². The summed E-state index contributed by atoms with van der Waals surface area (Å²) in [5.74, 6) is 3.32. The zero-order chi connectivity index (χ0) is 14.5. The molecule has 1 saturated heterocycles. The minimum Gasteiger partial charge on any atom is -0.496 e. The Bertz CT molecular complexity index is 444. The van der Waals surface area contributed by atoms with E-state index in [9.17, 15) is 0 Å². The van der Waals surface area contributed by atoms with Gasteiger partial charge in [0.25, 0.3) is 0 Å². The maximum Gasteiger partial charge on any atom is 0.122 e. The van der Waals surface area contributed by atoms with Crippen LogP contribution in [0.5, 0.6) is 5.75 Å². The predicted molar refractivity (Wildman–Crippen MR) is 92.5 cm³/mol. The molecular weight excluding hydrogens is 310 g/mol. The van der Waals surface area contributed by atoms with Crippen molar-refractivity contribution in [1.29, 1.82) is 0 Å². The zero-order valence-corrected chi connectivity index (χ0v) is 14.4. The van der Waals surface area contributed by atoms with Gasteiger partial charge in [-0.1, -0.05) is 18.5 Å². The van der Waals surface area contributed by atoms with Crippen LogP contribution in [0.25, 0.3) is 0 Å². The van der Waals surface area contributed by atoms with E-state index < -0.39 is 0 Å². The Morgan fingerprint density at radius 2 is 2.15 bits per heavy atom. The molecule has 1 aliphatic heterocycles. The van der Waals surface area contributed by atoms with Gasteiger partial charge in [0.1, 0.15) is 5.75 Å². The number of halogens is 1. The first kappa shape index (κ1) is 16.3. The molecular formula is C15H22ClNOS2. The van der Waals surface area contributed by atoms with Crippen molar-refractivity contribution in [2.75, 3.05) is 18.6 Å². The van der Waals surface area contributed by atoms with Crippen LogP contribution in [0.3, 0.4) is 0 Å². The Morgan fingerprint density at radius 1 is 1.40 bits per heavy atom. The van der Waals surface area contributed by atoms with Gasteiger partial charge >= 0.3 is 0 Å². The molecule has 5 heteroatoms. The summed E-state index contributed by atoms with van der Waals surface area (Å²) in [5.41, 5.74) is 7.60. The van der Waals surface area contributed by atoms with E-state index in [1.165, 1.54) is 17.9 Å². The second-order valence-electron chi connectivity index (χ2n) is 4.98. The lowest BCUT2D eigenvalue weighted by Gasteiger charge is -2.34. The van der Waals surface area contributed by atoms with Gasteiger partial charge in [0, 0.05) is 33.1 Å². The van der Waals surface area contributed by atoms with Crippen molar-refractivity contribution >= 4 is 35.1 Å². The van der Waals surface area contributed by atoms with Crippen LogP contribution in [0.1, 0.15) is 18.9 Å². The third-order valence-corrected chi connectivity index (χ3v) is 7.28. The molecule has 1 heterocycles. The zero-order valence-electron chi connectivity index (χ0n) is 12.0. The minimum absolute atomic E-state index is 0.144. The fourth-order valence-corrected chi connectivity index (χ4v) is 6.00. The summed E-state index contributed by atoms with van der Waals surface area (Å²) in [6.45, 7) is 2.25. The van der Waals surface area contributed by atoms with Gasteiger partial charge in [0.15, 0.2) is 0 Å². The van der Waals surface area contributed by atoms with E-state index in [0.29, 0.717) is 10.5 Å². The van der Waals surface area contributed by atoms with E-state index in [1.807, 2.05) is 30.0 Å². The van der Waals surface area contributed by atoms with Crippen molar-refractivity contribution in [3.63, 3.8) is 0 Å². The van der Waals surface area contributed by atoms with Crippen molar-refractivity contribution in [3.8, 4) is 5.75 Å². The molecule has 2 N–H and O–H groups in total. The molecule has 0 radical (unpaired) electrons. The van der Waals surface area contributed by atoms with Gasteiger partial charge in [0.2, 0.25) is 0 Å². The highest BCUT2D eigenvalue weighted by Gasteiger charge is 2.30. The van der Waals surface area contributed by atoms with Crippen LogP contribution in [0.2, 0.25) is 5.02 Å². The second-order valence-corrected chi connectivity index (χ2v) is 8.05. The fraction of sp³-hybridized carbons (Fsp3) is 0.600. The second kappa shape index (κ2) is 7.83. The Labute approximate surface area is 135 Å². The van der Waals surface area contributed by atoms with E-state index in [0.717, 1.165) is 22.8 Å². The molecule has 0 spiro atoms. The maximum absolute atomic E-state index is 6.49. The molecule has 1 aromatic rings. The largest absolute Gasteiger partial charge is 0.496 e. The topological polar surface area (TPSA) is 35.2 Å². The summed E-state index contributed by atoms with van der Waals surface area (Å²) in [6, 6.07) is 5.90. The van der Waals surface area contributed by atoms with Gasteiger partial charge in [-0.2, -0.15) is 23.5 Å². The molecule has 0 aliphatic carbocycles. The summed E-state index contributed by atoms with van der Waals surface area (Å²) < 4.78 is 5.42. The smallest absolute Gasteiger partial charge is 0.122 e. The highest BCUT2D eigenvalue weighted by molar-refractivity contribution is 8.07. The van der Waals surface area contributed by atoms with E-state index in [-0.39, 0.29) is 6.04 Å². The summed E-state index contributed by atoms with van der Waals surface area (Å²) >= 11 is 10.2. The Morgan fingerprint density at radius 3 is 2.85 bits per heavy atom. The van der Waals surface area contributed by atoms with E-state index in [2.05, 4.69) is 18.7 Å². The molecule has 112 valence electrons. The first-order chi connectivity index (χ1) is 9.65. The van der Waals surface area contributed by atoms with E-state index >= 15 is 0 Å². The van der Waals surface area contributed by atoms with Crippen LogP contribution < -0.4 is 10.5 Å². The van der Waals surface area contributed by atoms with Crippen molar-refractivity contribution in [1.82, 2.24) is 0 Å². The number of hydrogen-bond donors (Lipinski definition) is 1. The van der Waals surface area contributed by atoms with Gasteiger partial charge in [-0.05, 0) is 36.6 Å². The van der Waals surface area contributed by atoms with Crippen molar-refractivity contribution in [2.24, 2.45) is 5.73 Å². The minimum atomic E-state index is 0.144. The molecule has 3 atom stereocenters. The average molecular weight is 332 g/mol. The summed E-state index contributed by atoms with van der Waals surface area (Å²) in [6.07, 6.45) is 2.00. The first-order valence-corrected chi connectivity index (χ1v) is 9.44. The standard InChI is InChI=1S/C15H22ClNOS2/c1-3-14-15(20-7-6-19-14)12(17)9-10-8-11(16)4-5-13(10)18-2/h4-5,8,12,14-15H,3,6-7,9,17H2,1-2H3. The van der Waals surface area contributed by atoms with E-state index in [4.69, 9.17) is 22.1 Å². The number of methoxy groups -OCH3 is 1. The molecule has 0 bridgehead atoms.